The molecular weight excluding hydrogens is 242 g/mol. The Kier molecular flexibility index (Phi) is 3.85. The number of hydrogen-bond donors (Lipinski definition) is 2. The van der Waals surface area contributed by atoms with Gasteiger partial charge in [-0.05, 0) is 51.2 Å². The molecular formula is C14H21N3S. The molecule has 18 heavy (non-hydrogen) atoms. The molecule has 3 N–H and O–H groups in total. The van der Waals surface area contributed by atoms with Crippen LogP contribution in [0.5, 0.6) is 0 Å². The third-order valence-electron chi connectivity index (χ3n) is 3.81. The molecule has 1 aromatic heterocycles. The van der Waals surface area contributed by atoms with E-state index in [9.17, 15) is 0 Å². The van der Waals surface area contributed by atoms with Crippen LogP contribution < -0.4 is 11.1 Å². The predicted octanol–water partition coefficient (Wildman–Crippen LogP) is 2.93. The van der Waals surface area contributed by atoms with Gasteiger partial charge in [0.25, 0.3) is 0 Å². The van der Waals surface area contributed by atoms with E-state index in [-0.39, 0.29) is 0 Å². The molecule has 4 heteroatoms. The first-order valence-corrected chi connectivity index (χ1v) is 6.94. The molecule has 0 radical (unpaired) electrons. The van der Waals surface area contributed by atoms with Crippen molar-refractivity contribution in [2.24, 2.45) is 11.7 Å². The van der Waals surface area contributed by atoms with Crippen molar-refractivity contribution in [3.05, 3.63) is 22.9 Å². The Morgan fingerprint density at radius 3 is 2.67 bits per heavy atom. The molecule has 1 saturated carbocycles. The molecule has 0 bridgehead atoms. The van der Waals surface area contributed by atoms with Gasteiger partial charge in [-0.25, -0.2) is 4.98 Å². The van der Waals surface area contributed by atoms with Gasteiger partial charge in [0.2, 0.25) is 0 Å². The number of nitrogens with two attached hydrogens (primary N) is 1. The first-order chi connectivity index (χ1) is 8.49. The van der Waals surface area contributed by atoms with E-state index in [1.807, 2.05) is 19.9 Å². The summed E-state index contributed by atoms with van der Waals surface area (Å²) in [6.45, 7) is 6.24. The van der Waals surface area contributed by atoms with Crippen LogP contribution >= 0.6 is 12.2 Å². The van der Waals surface area contributed by atoms with Crippen LogP contribution in [0, 0.1) is 19.8 Å². The molecule has 1 aromatic rings. The van der Waals surface area contributed by atoms with Gasteiger partial charge in [-0.15, -0.1) is 0 Å². The third-order valence-corrected chi connectivity index (χ3v) is 4.02. The van der Waals surface area contributed by atoms with Crippen LogP contribution in [0.4, 0.5) is 5.82 Å². The van der Waals surface area contributed by atoms with Crippen molar-refractivity contribution in [1.29, 1.82) is 0 Å². The molecule has 0 aliphatic heterocycles. The Morgan fingerprint density at radius 2 is 2.17 bits per heavy atom. The molecule has 3 nitrogen and oxygen atoms in total. The number of thiocarbonyl (C=S) groups is 1. The standard InChI is InChI=1S/C14H21N3S/c1-8-7-9(2)16-14(12(8)13(15)18)17-10(3)11-5-4-6-11/h7,10-11H,4-6H2,1-3H3,(H2,15,18)(H,16,17). The topological polar surface area (TPSA) is 50.9 Å². The first kappa shape index (κ1) is 13.3. The highest BCUT2D eigenvalue weighted by molar-refractivity contribution is 7.80. The highest BCUT2D eigenvalue weighted by Gasteiger charge is 2.25. The normalized spacial score (nSPS) is 17.1. The van der Waals surface area contributed by atoms with Gasteiger partial charge in [-0.3, -0.25) is 0 Å². The maximum Gasteiger partial charge on any atom is 0.136 e. The average molecular weight is 263 g/mol. The Bertz CT molecular complexity index is 466. The predicted molar refractivity (Wildman–Crippen MR) is 80.0 cm³/mol. The molecule has 0 spiro atoms. The van der Waals surface area contributed by atoms with Gasteiger partial charge in [0.15, 0.2) is 0 Å². The van der Waals surface area contributed by atoms with Gasteiger partial charge in [0, 0.05) is 11.7 Å². The van der Waals surface area contributed by atoms with Crippen LogP contribution in [0.3, 0.4) is 0 Å². The molecule has 1 heterocycles. The third kappa shape index (κ3) is 2.64. The van der Waals surface area contributed by atoms with Gasteiger partial charge < -0.3 is 11.1 Å². The van der Waals surface area contributed by atoms with Gasteiger partial charge in [-0.1, -0.05) is 18.6 Å². The number of aromatic nitrogens is 1. The quantitative estimate of drug-likeness (QED) is 0.820. The van der Waals surface area contributed by atoms with Gasteiger partial charge in [-0.2, -0.15) is 0 Å². The zero-order valence-electron chi connectivity index (χ0n) is 11.3. The molecule has 1 aliphatic carbocycles. The smallest absolute Gasteiger partial charge is 0.136 e. The Morgan fingerprint density at radius 1 is 1.50 bits per heavy atom. The fourth-order valence-corrected chi connectivity index (χ4v) is 2.78. The summed E-state index contributed by atoms with van der Waals surface area (Å²) in [5, 5.41) is 3.50. The van der Waals surface area contributed by atoms with E-state index in [1.165, 1.54) is 19.3 Å². The fourth-order valence-electron chi connectivity index (χ4n) is 2.53. The number of nitrogens with zero attached hydrogens (tertiary/aromatic N) is 1. The number of hydrogen-bond acceptors (Lipinski definition) is 3. The summed E-state index contributed by atoms with van der Waals surface area (Å²) in [5.74, 6) is 1.60. The molecule has 1 aliphatic rings. The van der Waals surface area contributed by atoms with E-state index in [0.717, 1.165) is 28.6 Å². The van der Waals surface area contributed by atoms with Crippen molar-refractivity contribution in [2.75, 3.05) is 5.32 Å². The Balaban J connectivity index is 2.27. The molecule has 2 rings (SSSR count). The number of rotatable bonds is 4. The summed E-state index contributed by atoms with van der Waals surface area (Å²) in [6, 6.07) is 2.45. The van der Waals surface area contributed by atoms with Crippen molar-refractivity contribution in [3.8, 4) is 0 Å². The zero-order valence-corrected chi connectivity index (χ0v) is 12.1. The minimum Gasteiger partial charge on any atom is -0.389 e. The zero-order chi connectivity index (χ0) is 13.3. The largest absolute Gasteiger partial charge is 0.389 e. The van der Waals surface area contributed by atoms with Crippen LogP contribution in [0.15, 0.2) is 6.07 Å². The van der Waals surface area contributed by atoms with Crippen molar-refractivity contribution in [3.63, 3.8) is 0 Å². The van der Waals surface area contributed by atoms with Crippen LogP contribution in [-0.4, -0.2) is 16.0 Å². The number of pyridine rings is 1. The lowest BCUT2D eigenvalue weighted by Crippen LogP contribution is -2.32. The molecule has 0 amide bonds. The van der Waals surface area contributed by atoms with Crippen molar-refractivity contribution < 1.29 is 0 Å². The van der Waals surface area contributed by atoms with Gasteiger partial charge in [0.05, 0.1) is 5.56 Å². The highest BCUT2D eigenvalue weighted by Crippen LogP contribution is 2.31. The number of aryl methyl sites for hydroxylation is 2. The van der Waals surface area contributed by atoms with Crippen LogP contribution in [-0.2, 0) is 0 Å². The van der Waals surface area contributed by atoms with E-state index in [2.05, 4.69) is 17.2 Å². The lowest BCUT2D eigenvalue weighted by atomic mass is 9.80. The Hall–Kier alpha value is -1.16. The molecule has 1 unspecified atom stereocenters. The molecule has 98 valence electrons. The summed E-state index contributed by atoms with van der Waals surface area (Å²) >= 11 is 5.14. The van der Waals surface area contributed by atoms with Crippen molar-refractivity contribution in [1.82, 2.24) is 4.98 Å². The maximum absolute atomic E-state index is 5.82. The number of anilines is 1. The van der Waals surface area contributed by atoms with Gasteiger partial charge in [0.1, 0.15) is 10.8 Å². The van der Waals surface area contributed by atoms with E-state index in [4.69, 9.17) is 18.0 Å². The summed E-state index contributed by atoms with van der Waals surface area (Å²) < 4.78 is 0. The van der Waals surface area contributed by atoms with Crippen molar-refractivity contribution in [2.45, 2.75) is 46.1 Å². The van der Waals surface area contributed by atoms with E-state index in [1.54, 1.807) is 0 Å². The molecule has 1 atom stereocenters. The average Bonchev–Trinajstić information content (AvgIpc) is 2.11. The molecule has 0 saturated heterocycles. The second-order valence-corrected chi connectivity index (χ2v) is 5.73. The molecule has 1 fully saturated rings. The minimum atomic E-state index is 0.420. The first-order valence-electron chi connectivity index (χ1n) is 6.53. The van der Waals surface area contributed by atoms with E-state index >= 15 is 0 Å². The maximum atomic E-state index is 5.82. The Labute approximate surface area is 114 Å². The monoisotopic (exact) mass is 263 g/mol. The minimum absolute atomic E-state index is 0.420. The number of nitrogens with one attached hydrogen (secondary N) is 1. The van der Waals surface area contributed by atoms with E-state index in [0.29, 0.717) is 11.0 Å². The second kappa shape index (κ2) is 5.22. The fraction of sp³-hybridized carbons (Fsp3) is 0.571. The van der Waals surface area contributed by atoms with Crippen LogP contribution in [0.25, 0.3) is 0 Å². The lowest BCUT2D eigenvalue weighted by Gasteiger charge is -2.32. The summed E-state index contributed by atoms with van der Waals surface area (Å²) in [5.41, 5.74) is 8.80. The van der Waals surface area contributed by atoms with Crippen LogP contribution in [0.1, 0.15) is 43.0 Å². The summed E-state index contributed by atoms with van der Waals surface area (Å²) in [7, 11) is 0. The van der Waals surface area contributed by atoms with Gasteiger partial charge >= 0.3 is 0 Å². The van der Waals surface area contributed by atoms with Crippen LogP contribution in [0.2, 0.25) is 0 Å². The summed E-state index contributed by atoms with van der Waals surface area (Å²) in [6.07, 6.45) is 3.96. The molecule has 0 aromatic carbocycles. The van der Waals surface area contributed by atoms with Crippen molar-refractivity contribution >= 4 is 23.0 Å². The summed E-state index contributed by atoms with van der Waals surface area (Å²) in [4.78, 5) is 4.98. The second-order valence-electron chi connectivity index (χ2n) is 5.29. The highest BCUT2D eigenvalue weighted by atomic mass is 32.1. The lowest BCUT2D eigenvalue weighted by molar-refractivity contribution is 0.285. The SMILES string of the molecule is Cc1cc(C)c(C(N)=S)c(NC(C)C2CCC2)n1. The van der Waals surface area contributed by atoms with E-state index < -0.39 is 0 Å².